The van der Waals surface area contributed by atoms with Crippen LogP contribution in [0.15, 0.2) is 35.4 Å². The minimum absolute atomic E-state index is 0.837. The normalized spacial score (nSPS) is 14.2. The second-order valence-electron chi connectivity index (χ2n) is 4.79. The Kier molecular flexibility index (Phi) is 3.80. The van der Waals surface area contributed by atoms with Crippen LogP contribution >= 0.6 is 11.8 Å². The molecule has 2 heterocycles. The van der Waals surface area contributed by atoms with Gasteiger partial charge in [0.15, 0.2) is 0 Å². The molecule has 1 aromatic carbocycles. The van der Waals surface area contributed by atoms with E-state index >= 15 is 0 Å². The van der Waals surface area contributed by atoms with Gasteiger partial charge in [-0.25, -0.2) is 9.97 Å². The average Bonchev–Trinajstić information content (AvgIpc) is 2.45. The number of fused-ring (bicyclic) bond motifs is 1. The Hall–Kier alpha value is -1.39. The van der Waals surface area contributed by atoms with E-state index in [9.17, 15) is 0 Å². The Morgan fingerprint density at radius 1 is 1.37 bits per heavy atom. The molecule has 19 heavy (non-hydrogen) atoms. The molecule has 1 N–H and O–H groups in total. The van der Waals surface area contributed by atoms with E-state index in [0.717, 1.165) is 31.1 Å². The van der Waals surface area contributed by atoms with Crippen LogP contribution in [0.5, 0.6) is 0 Å². The fourth-order valence-corrected chi connectivity index (χ4v) is 3.08. The van der Waals surface area contributed by atoms with Crippen LogP contribution in [0.25, 0.3) is 0 Å². The standard InChI is InChI=1S/C15H17N3S/c1-11-3-2-4-13(7-11)19-10-15-17-9-12-8-16-6-5-14(12)18-15/h2-4,7,9,16H,5-6,8,10H2,1H3. The van der Waals surface area contributed by atoms with Gasteiger partial charge in [-0.15, -0.1) is 11.8 Å². The molecule has 4 heteroatoms. The van der Waals surface area contributed by atoms with Gasteiger partial charge in [0.25, 0.3) is 0 Å². The largest absolute Gasteiger partial charge is 0.312 e. The molecule has 1 aromatic heterocycles. The van der Waals surface area contributed by atoms with Gasteiger partial charge < -0.3 is 5.32 Å². The van der Waals surface area contributed by atoms with E-state index in [1.807, 2.05) is 6.20 Å². The molecule has 0 radical (unpaired) electrons. The highest BCUT2D eigenvalue weighted by molar-refractivity contribution is 7.98. The average molecular weight is 271 g/mol. The third-order valence-corrected chi connectivity index (χ3v) is 4.21. The van der Waals surface area contributed by atoms with Crippen molar-refractivity contribution in [2.24, 2.45) is 0 Å². The first-order valence-corrected chi connectivity index (χ1v) is 7.54. The second kappa shape index (κ2) is 5.72. The van der Waals surface area contributed by atoms with Crippen LogP contribution in [-0.2, 0) is 18.7 Å². The van der Waals surface area contributed by atoms with E-state index in [1.165, 1.54) is 21.7 Å². The molecule has 2 aromatic rings. The summed E-state index contributed by atoms with van der Waals surface area (Å²) in [6.07, 6.45) is 2.99. The summed E-state index contributed by atoms with van der Waals surface area (Å²) in [6, 6.07) is 8.55. The molecule has 0 saturated carbocycles. The molecule has 0 atom stereocenters. The molecule has 0 saturated heterocycles. The number of thioether (sulfide) groups is 1. The molecule has 0 bridgehead atoms. The molecule has 3 nitrogen and oxygen atoms in total. The van der Waals surface area contributed by atoms with Gasteiger partial charge in [0.05, 0.1) is 5.75 Å². The maximum absolute atomic E-state index is 4.68. The molecule has 0 aliphatic carbocycles. The first-order chi connectivity index (χ1) is 9.31. The Bertz CT molecular complexity index is 583. The zero-order valence-corrected chi connectivity index (χ0v) is 11.8. The van der Waals surface area contributed by atoms with Crippen molar-refractivity contribution in [3.05, 3.63) is 53.1 Å². The van der Waals surface area contributed by atoms with E-state index in [2.05, 4.69) is 46.5 Å². The van der Waals surface area contributed by atoms with Gasteiger partial charge in [-0.05, 0) is 19.1 Å². The minimum atomic E-state index is 0.837. The van der Waals surface area contributed by atoms with Gasteiger partial charge in [-0.2, -0.15) is 0 Å². The molecule has 0 spiro atoms. The zero-order chi connectivity index (χ0) is 13.1. The molecule has 0 unspecified atom stereocenters. The van der Waals surface area contributed by atoms with Crippen LogP contribution in [-0.4, -0.2) is 16.5 Å². The van der Waals surface area contributed by atoms with Gasteiger partial charge in [-0.3, -0.25) is 0 Å². The van der Waals surface area contributed by atoms with E-state index in [-0.39, 0.29) is 0 Å². The van der Waals surface area contributed by atoms with Crippen LogP contribution in [0.4, 0.5) is 0 Å². The second-order valence-corrected chi connectivity index (χ2v) is 5.84. The van der Waals surface area contributed by atoms with Crippen LogP contribution in [0.2, 0.25) is 0 Å². The first kappa shape index (κ1) is 12.6. The maximum atomic E-state index is 4.68. The SMILES string of the molecule is Cc1cccc(SCc2ncc3c(n2)CCNC3)c1. The summed E-state index contributed by atoms with van der Waals surface area (Å²) in [6.45, 7) is 4.04. The van der Waals surface area contributed by atoms with Gasteiger partial charge in [-0.1, -0.05) is 17.7 Å². The zero-order valence-electron chi connectivity index (χ0n) is 11.0. The van der Waals surface area contributed by atoms with E-state index in [1.54, 1.807) is 11.8 Å². The fraction of sp³-hybridized carbons (Fsp3) is 0.333. The summed E-state index contributed by atoms with van der Waals surface area (Å²) in [4.78, 5) is 10.4. The highest BCUT2D eigenvalue weighted by Gasteiger charge is 2.11. The van der Waals surface area contributed by atoms with Crippen molar-refractivity contribution >= 4 is 11.8 Å². The van der Waals surface area contributed by atoms with Crippen molar-refractivity contribution in [1.82, 2.24) is 15.3 Å². The van der Waals surface area contributed by atoms with Crippen molar-refractivity contribution < 1.29 is 0 Å². The lowest BCUT2D eigenvalue weighted by Gasteiger charge is -2.15. The number of hydrogen-bond donors (Lipinski definition) is 1. The predicted octanol–water partition coefficient (Wildman–Crippen LogP) is 2.72. The van der Waals surface area contributed by atoms with Gasteiger partial charge in [0.2, 0.25) is 0 Å². The van der Waals surface area contributed by atoms with Crippen LogP contribution in [0.1, 0.15) is 22.6 Å². The van der Waals surface area contributed by atoms with Crippen molar-refractivity contribution in [3.8, 4) is 0 Å². The molecular formula is C15H17N3S. The van der Waals surface area contributed by atoms with Crippen molar-refractivity contribution in [2.75, 3.05) is 6.54 Å². The molecule has 1 aliphatic rings. The molecule has 3 rings (SSSR count). The highest BCUT2D eigenvalue weighted by atomic mass is 32.2. The lowest BCUT2D eigenvalue weighted by molar-refractivity contribution is 0.622. The molecular weight excluding hydrogens is 254 g/mol. The van der Waals surface area contributed by atoms with Crippen molar-refractivity contribution in [2.45, 2.75) is 30.5 Å². The number of benzene rings is 1. The lowest BCUT2D eigenvalue weighted by Crippen LogP contribution is -2.25. The Morgan fingerprint density at radius 2 is 2.32 bits per heavy atom. The maximum Gasteiger partial charge on any atom is 0.138 e. The summed E-state index contributed by atoms with van der Waals surface area (Å²) in [5, 5.41) is 3.34. The number of nitrogens with zero attached hydrogens (tertiary/aromatic N) is 2. The van der Waals surface area contributed by atoms with Crippen LogP contribution in [0.3, 0.4) is 0 Å². The number of hydrogen-bond acceptors (Lipinski definition) is 4. The number of nitrogens with one attached hydrogen (secondary N) is 1. The number of rotatable bonds is 3. The summed E-state index contributed by atoms with van der Waals surface area (Å²) in [5.74, 6) is 1.77. The van der Waals surface area contributed by atoms with E-state index in [0.29, 0.717) is 0 Å². The van der Waals surface area contributed by atoms with E-state index < -0.39 is 0 Å². The highest BCUT2D eigenvalue weighted by Crippen LogP contribution is 2.22. The van der Waals surface area contributed by atoms with Gasteiger partial charge in [0, 0.05) is 41.9 Å². The minimum Gasteiger partial charge on any atom is -0.312 e. The summed E-state index contributed by atoms with van der Waals surface area (Å²) >= 11 is 1.80. The third kappa shape index (κ3) is 3.14. The lowest BCUT2D eigenvalue weighted by atomic mass is 10.1. The third-order valence-electron chi connectivity index (χ3n) is 3.22. The smallest absolute Gasteiger partial charge is 0.138 e. The molecule has 1 aliphatic heterocycles. The topological polar surface area (TPSA) is 37.8 Å². The summed E-state index contributed by atoms with van der Waals surface area (Å²) in [5.41, 5.74) is 3.76. The Balaban J connectivity index is 1.70. The van der Waals surface area contributed by atoms with E-state index in [4.69, 9.17) is 0 Å². The summed E-state index contributed by atoms with van der Waals surface area (Å²) in [7, 11) is 0. The van der Waals surface area contributed by atoms with Crippen LogP contribution in [0, 0.1) is 6.92 Å². The molecule has 0 fully saturated rings. The Morgan fingerprint density at radius 3 is 3.21 bits per heavy atom. The number of aryl methyl sites for hydroxylation is 1. The summed E-state index contributed by atoms with van der Waals surface area (Å²) < 4.78 is 0. The van der Waals surface area contributed by atoms with Crippen LogP contribution < -0.4 is 5.32 Å². The number of aromatic nitrogens is 2. The quantitative estimate of drug-likeness (QED) is 0.871. The Labute approximate surface area is 117 Å². The van der Waals surface area contributed by atoms with Crippen molar-refractivity contribution in [3.63, 3.8) is 0 Å². The fourth-order valence-electron chi connectivity index (χ4n) is 2.20. The molecule has 0 amide bonds. The molecule has 98 valence electrons. The van der Waals surface area contributed by atoms with Gasteiger partial charge in [0.1, 0.15) is 5.82 Å². The van der Waals surface area contributed by atoms with Crippen molar-refractivity contribution in [1.29, 1.82) is 0 Å². The van der Waals surface area contributed by atoms with Gasteiger partial charge >= 0.3 is 0 Å². The monoisotopic (exact) mass is 271 g/mol. The predicted molar refractivity (Wildman–Crippen MR) is 78.2 cm³/mol. The first-order valence-electron chi connectivity index (χ1n) is 6.55.